The number of hydrogen-bond acceptors (Lipinski definition) is 3. The molecule has 1 atom stereocenters. The summed E-state index contributed by atoms with van der Waals surface area (Å²) in [6.45, 7) is 4.12. The van der Waals surface area contributed by atoms with Crippen LogP contribution in [-0.2, 0) is 6.54 Å². The Bertz CT molecular complexity index is 270. The topological polar surface area (TPSA) is 47.1 Å². The fourth-order valence-electron chi connectivity index (χ4n) is 2.28. The highest BCUT2D eigenvalue weighted by Gasteiger charge is 2.20. The molecule has 2 rings (SSSR count). The predicted octanol–water partition coefficient (Wildman–Crippen LogP) is 0.696. The summed E-state index contributed by atoms with van der Waals surface area (Å²) < 4.78 is 2.13. The summed E-state index contributed by atoms with van der Waals surface area (Å²) >= 11 is 0. The summed E-state index contributed by atoms with van der Waals surface area (Å²) in [5.74, 6) is 0. The zero-order valence-electron chi connectivity index (χ0n) is 9.18. The summed E-state index contributed by atoms with van der Waals surface area (Å²) in [7, 11) is 0. The average molecular weight is 208 g/mol. The van der Waals surface area contributed by atoms with Crippen molar-refractivity contribution in [2.45, 2.75) is 31.8 Å². The maximum atomic E-state index is 5.78. The first kappa shape index (κ1) is 10.6. The molecule has 1 aliphatic rings. The van der Waals surface area contributed by atoms with Crippen LogP contribution >= 0.6 is 0 Å². The van der Waals surface area contributed by atoms with Crippen LogP contribution in [0.25, 0.3) is 0 Å². The molecule has 84 valence electrons. The molecule has 1 unspecified atom stereocenters. The molecular formula is C11H20N4. The van der Waals surface area contributed by atoms with Crippen molar-refractivity contribution in [3.63, 3.8) is 0 Å². The molecule has 1 saturated heterocycles. The largest absolute Gasteiger partial charge is 0.336 e. The Morgan fingerprint density at radius 2 is 2.27 bits per heavy atom. The lowest BCUT2D eigenvalue weighted by Crippen LogP contribution is -2.45. The second-order valence-corrected chi connectivity index (χ2v) is 4.22. The minimum absolute atomic E-state index is 0.599. The van der Waals surface area contributed by atoms with Gasteiger partial charge in [0.05, 0.1) is 6.33 Å². The standard InChI is InChI=1S/C11H20N4/c12-9-11-3-1-2-5-15(11)8-7-14-6-4-13-10-14/h4,6,10-11H,1-3,5,7-9,12H2. The minimum atomic E-state index is 0.599. The molecule has 2 heterocycles. The highest BCUT2D eigenvalue weighted by atomic mass is 15.2. The summed E-state index contributed by atoms with van der Waals surface area (Å²) in [6, 6.07) is 0.599. The Hall–Kier alpha value is -0.870. The van der Waals surface area contributed by atoms with E-state index in [4.69, 9.17) is 5.73 Å². The summed E-state index contributed by atoms with van der Waals surface area (Å²) in [4.78, 5) is 6.56. The van der Waals surface area contributed by atoms with Gasteiger partial charge in [-0.3, -0.25) is 4.90 Å². The normalized spacial score (nSPS) is 23.1. The molecule has 0 aromatic carbocycles. The summed E-state index contributed by atoms with van der Waals surface area (Å²) in [5.41, 5.74) is 5.78. The lowest BCUT2D eigenvalue weighted by atomic mass is 10.0. The van der Waals surface area contributed by atoms with Crippen molar-refractivity contribution in [1.29, 1.82) is 0 Å². The predicted molar refractivity (Wildman–Crippen MR) is 60.5 cm³/mol. The van der Waals surface area contributed by atoms with Crippen molar-refractivity contribution < 1.29 is 0 Å². The summed E-state index contributed by atoms with van der Waals surface area (Å²) in [5, 5.41) is 0. The van der Waals surface area contributed by atoms with Gasteiger partial charge in [0.15, 0.2) is 0 Å². The van der Waals surface area contributed by atoms with E-state index in [9.17, 15) is 0 Å². The smallest absolute Gasteiger partial charge is 0.0946 e. The van der Waals surface area contributed by atoms with Crippen LogP contribution < -0.4 is 5.73 Å². The second-order valence-electron chi connectivity index (χ2n) is 4.22. The van der Waals surface area contributed by atoms with Crippen molar-refractivity contribution in [2.75, 3.05) is 19.6 Å². The van der Waals surface area contributed by atoms with E-state index in [1.807, 2.05) is 18.7 Å². The fourth-order valence-corrected chi connectivity index (χ4v) is 2.28. The SMILES string of the molecule is NCC1CCCCN1CCn1ccnc1. The van der Waals surface area contributed by atoms with Gasteiger partial charge in [0.1, 0.15) is 0 Å². The number of likely N-dealkylation sites (tertiary alicyclic amines) is 1. The number of hydrogen-bond donors (Lipinski definition) is 1. The van der Waals surface area contributed by atoms with Crippen LogP contribution in [0.1, 0.15) is 19.3 Å². The highest BCUT2D eigenvalue weighted by molar-refractivity contribution is 4.79. The van der Waals surface area contributed by atoms with Crippen molar-refractivity contribution >= 4 is 0 Å². The van der Waals surface area contributed by atoms with E-state index in [2.05, 4.69) is 14.5 Å². The van der Waals surface area contributed by atoms with Crippen LogP contribution in [0.2, 0.25) is 0 Å². The van der Waals surface area contributed by atoms with Crippen LogP contribution in [0.4, 0.5) is 0 Å². The first-order chi connectivity index (χ1) is 7.40. The third-order valence-electron chi connectivity index (χ3n) is 3.23. The van der Waals surface area contributed by atoms with Gasteiger partial charge in [0.2, 0.25) is 0 Å². The molecule has 1 fully saturated rings. The van der Waals surface area contributed by atoms with Gasteiger partial charge in [-0.25, -0.2) is 4.98 Å². The monoisotopic (exact) mass is 208 g/mol. The fraction of sp³-hybridized carbons (Fsp3) is 0.727. The first-order valence-electron chi connectivity index (χ1n) is 5.80. The van der Waals surface area contributed by atoms with E-state index >= 15 is 0 Å². The van der Waals surface area contributed by atoms with Crippen molar-refractivity contribution in [3.8, 4) is 0 Å². The lowest BCUT2D eigenvalue weighted by molar-refractivity contribution is 0.147. The van der Waals surface area contributed by atoms with Gasteiger partial charge in [0, 0.05) is 38.1 Å². The third-order valence-corrected chi connectivity index (χ3v) is 3.23. The number of piperidine rings is 1. The average Bonchev–Trinajstić information content (AvgIpc) is 2.79. The Morgan fingerprint density at radius 3 is 3.00 bits per heavy atom. The van der Waals surface area contributed by atoms with Crippen molar-refractivity contribution in [3.05, 3.63) is 18.7 Å². The minimum Gasteiger partial charge on any atom is -0.336 e. The molecule has 15 heavy (non-hydrogen) atoms. The van der Waals surface area contributed by atoms with E-state index in [-0.39, 0.29) is 0 Å². The van der Waals surface area contributed by atoms with E-state index in [0.29, 0.717) is 6.04 Å². The van der Waals surface area contributed by atoms with Crippen molar-refractivity contribution in [2.24, 2.45) is 5.73 Å². The molecule has 4 heteroatoms. The molecule has 0 saturated carbocycles. The van der Waals surface area contributed by atoms with E-state index in [1.165, 1.54) is 25.8 Å². The van der Waals surface area contributed by atoms with Gasteiger partial charge in [-0.2, -0.15) is 0 Å². The van der Waals surface area contributed by atoms with Gasteiger partial charge in [-0.05, 0) is 19.4 Å². The maximum Gasteiger partial charge on any atom is 0.0946 e. The quantitative estimate of drug-likeness (QED) is 0.792. The zero-order chi connectivity index (χ0) is 10.5. The third kappa shape index (κ3) is 2.79. The lowest BCUT2D eigenvalue weighted by Gasteiger charge is -2.34. The van der Waals surface area contributed by atoms with E-state index in [1.54, 1.807) is 0 Å². The number of rotatable bonds is 4. The van der Waals surface area contributed by atoms with E-state index < -0.39 is 0 Å². The van der Waals surface area contributed by atoms with Crippen LogP contribution in [-0.4, -0.2) is 40.1 Å². The van der Waals surface area contributed by atoms with Gasteiger partial charge in [-0.1, -0.05) is 6.42 Å². The van der Waals surface area contributed by atoms with Gasteiger partial charge < -0.3 is 10.3 Å². The molecule has 0 radical (unpaired) electrons. The molecule has 1 aliphatic heterocycles. The molecule has 1 aromatic rings. The molecule has 1 aromatic heterocycles. The molecule has 0 bridgehead atoms. The molecule has 4 nitrogen and oxygen atoms in total. The second kappa shape index (κ2) is 5.28. The van der Waals surface area contributed by atoms with Crippen LogP contribution in [0.3, 0.4) is 0 Å². The van der Waals surface area contributed by atoms with Gasteiger partial charge in [0.25, 0.3) is 0 Å². The molecular weight excluding hydrogens is 188 g/mol. The Balaban J connectivity index is 1.81. The van der Waals surface area contributed by atoms with Gasteiger partial charge in [-0.15, -0.1) is 0 Å². The van der Waals surface area contributed by atoms with Crippen LogP contribution in [0.15, 0.2) is 18.7 Å². The zero-order valence-corrected chi connectivity index (χ0v) is 9.18. The highest BCUT2D eigenvalue weighted by Crippen LogP contribution is 2.15. The number of aromatic nitrogens is 2. The van der Waals surface area contributed by atoms with Crippen LogP contribution in [0, 0.1) is 0 Å². The van der Waals surface area contributed by atoms with Crippen molar-refractivity contribution in [1.82, 2.24) is 14.5 Å². The number of nitrogens with zero attached hydrogens (tertiary/aromatic N) is 3. The van der Waals surface area contributed by atoms with Crippen LogP contribution in [0.5, 0.6) is 0 Å². The number of imidazole rings is 1. The molecule has 0 amide bonds. The Kier molecular flexibility index (Phi) is 3.75. The Labute approximate surface area is 91.1 Å². The summed E-state index contributed by atoms with van der Waals surface area (Å²) in [6.07, 6.45) is 9.64. The number of nitrogens with two attached hydrogens (primary N) is 1. The maximum absolute atomic E-state index is 5.78. The molecule has 2 N–H and O–H groups in total. The molecule has 0 aliphatic carbocycles. The van der Waals surface area contributed by atoms with Gasteiger partial charge >= 0.3 is 0 Å². The Morgan fingerprint density at radius 1 is 1.33 bits per heavy atom. The first-order valence-corrected chi connectivity index (χ1v) is 5.80. The van der Waals surface area contributed by atoms with E-state index in [0.717, 1.165) is 19.6 Å². The molecule has 0 spiro atoms.